The third-order valence-corrected chi connectivity index (χ3v) is 4.24. The number of amides is 1. The number of pyridine rings is 1. The zero-order valence-electron chi connectivity index (χ0n) is 13.6. The van der Waals surface area contributed by atoms with Crippen LogP contribution >= 0.6 is 0 Å². The number of aromatic nitrogens is 3. The molecule has 0 saturated carbocycles. The number of likely N-dealkylation sites (N-methyl/N-ethyl adjacent to an activating group) is 1. The summed E-state index contributed by atoms with van der Waals surface area (Å²) in [7, 11) is 1.89. The average Bonchev–Trinajstić information content (AvgIpc) is 3.17. The van der Waals surface area contributed by atoms with Gasteiger partial charge in [0.15, 0.2) is 5.82 Å². The summed E-state index contributed by atoms with van der Waals surface area (Å²) in [5.41, 5.74) is 1.71. The topological polar surface area (TPSA) is 54.3 Å². The molecule has 0 atom stereocenters. The lowest BCUT2D eigenvalue weighted by molar-refractivity contribution is 0.0982. The Bertz CT molecular complexity index is 925. The molecule has 1 aliphatic rings. The van der Waals surface area contributed by atoms with Crippen LogP contribution < -0.4 is 9.80 Å². The predicted molar refractivity (Wildman–Crippen MR) is 92.7 cm³/mol. The molecule has 4 rings (SSSR count). The Morgan fingerprint density at radius 1 is 1.12 bits per heavy atom. The van der Waals surface area contributed by atoms with Crippen LogP contribution in [0.1, 0.15) is 10.5 Å². The first-order valence-corrected chi connectivity index (χ1v) is 7.93. The highest BCUT2D eigenvalue weighted by molar-refractivity contribution is 6.07. The molecular formula is C18H16FN5O. The van der Waals surface area contributed by atoms with Gasteiger partial charge in [0, 0.05) is 32.5 Å². The largest absolute Gasteiger partial charge is 0.371 e. The zero-order chi connectivity index (χ0) is 17.4. The summed E-state index contributed by atoms with van der Waals surface area (Å²) in [5, 5.41) is 4.14. The van der Waals surface area contributed by atoms with E-state index < -0.39 is 0 Å². The van der Waals surface area contributed by atoms with Crippen molar-refractivity contribution in [1.29, 1.82) is 0 Å². The number of hydrogen-bond acceptors (Lipinski definition) is 4. The van der Waals surface area contributed by atoms with Gasteiger partial charge in [-0.1, -0.05) is 6.07 Å². The van der Waals surface area contributed by atoms with Gasteiger partial charge in [0.1, 0.15) is 11.5 Å². The van der Waals surface area contributed by atoms with Crippen molar-refractivity contribution in [1.82, 2.24) is 14.8 Å². The van der Waals surface area contributed by atoms with Crippen LogP contribution in [0.3, 0.4) is 0 Å². The third-order valence-electron chi connectivity index (χ3n) is 4.24. The van der Waals surface area contributed by atoms with Gasteiger partial charge in [0.2, 0.25) is 0 Å². The number of benzene rings is 1. The molecule has 7 heteroatoms. The molecule has 3 heterocycles. The number of anilines is 2. The number of fused-ring (bicyclic) bond motifs is 1. The second-order valence-corrected chi connectivity index (χ2v) is 5.84. The van der Waals surface area contributed by atoms with Gasteiger partial charge in [-0.2, -0.15) is 5.10 Å². The molecule has 1 aliphatic heterocycles. The zero-order valence-corrected chi connectivity index (χ0v) is 13.6. The van der Waals surface area contributed by atoms with E-state index in [9.17, 15) is 9.18 Å². The van der Waals surface area contributed by atoms with Crippen LogP contribution in [0.25, 0.3) is 5.82 Å². The Morgan fingerprint density at radius 3 is 2.80 bits per heavy atom. The highest BCUT2D eigenvalue weighted by Gasteiger charge is 2.27. The quantitative estimate of drug-likeness (QED) is 0.721. The van der Waals surface area contributed by atoms with Crippen LogP contribution in [0.15, 0.2) is 54.9 Å². The maximum absolute atomic E-state index is 13.6. The van der Waals surface area contributed by atoms with Gasteiger partial charge in [-0.15, -0.1) is 0 Å². The van der Waals surface area contributed by atoms with E-state index in [4.69, 9.17) is 0 Å². The van der Waals surface area contributed by atoms with Gasteiger partial charge >= 0.3 is 0 Å². The Kier molecular flexibility index (Phi) is 3.68. The number of nitrogens with zero attached hydrogens (tertiary/aromatic N) is 5. The first-order valence-electron chi connectivity index (χ1n) is 7.93. The minimum Gasteiger partial charge on any atom is -0.371 e. The van der Waals surface area contributed by atoms with Crippen molar-refractivity contribution in [2.24, 2.45) is 0 Å². The molecule has 6 nitrogen and oxygen atoms in total. The van der Waals surface area contributed by atoms with Gasteiger partial charge in [-0.3, -0.25) is 4.79 Å². The lowest BCUT2D eigenvalue weighted by Gasteiger charge is -2.35. The molecular weight excluding hydrogens is 321 g/mol. The molecule has 3 aromatic rings. The lowest BCUT2D eigenvalue weighted by atomic mass is 10.1. The second kappa shape index (κ2) is 6.01. The molecule has 126 valence electrons. The van der Waals surface area contributed by atoms with Crippen molar-refractivity contribution in [2.75, 3.05) is 29.9 Å². The van der Waals surface area contributed by atoms with E-state index in [-0.39, 0.29) is 11.7 Å². The Hall–Kier alpha value is -3.22. The van der Waals surface area contributed by atoms with Crippen molar-refractivity contribution < 1.29 is 9.18 Å². The van der Waals surface area contributed by atoms with Crippen LogP contribution in [-0.2, 0) is 0 Å². The Balaban J connectivity index is 1.71. The van der Waals surface area contributed by atoms with Crippen LogP contribution in [-0.4, -0.2) is 40.8 Å². The molecule has 25 heavy (non-hydrogen) atoms. The maximum Gasteiger partial charge on any atom is 0.277 e. The molecule has 0 spiro atoms. The number of rotatable bonds is 2. The lowest BCUT2D eigenvalue weighted by Crippen LogP contribution is -2.43. The SMILES string of the molecule is CN1CCN(C(=O)c2cccc(-n3cccn3)n2)c2ccc(F)cc21. The van der Waals surface area contributed by atoms with Crippen molar-refractivity contribution in [3.8, 4) is 5.82 Å². The summed E-state index contributed by atoms with van der Waals surface area (Å²) >= 11 is 0. The molecule has 0 N–H and O–H groups in total. The van der Waals surface area contributed by atoms with Crippen molar-refractivity contribution in [3.05, 3.63) is 66.4 Å². The van der Waals surface area contributed by atoms with E-state index in [0.717, 1.165) is 0 Å². The van der Waals surface area contributed by atoms with E-state index in [0.29, 0.717) is 36.0 Å². The summed E-state index contributed by atoms with van der Waals surface area (Å²) in [6.07, 6.45) is 3.42. The van der Waals surface area contributed by atoms with Gasteiger partial charge < -0.3 is 9.80 Å². The Labute approximate surface area is 144 Å². The molecule has 2 aromatic heterocycles. The normalized spacial score (nSPS) is 13.7. The molecule has 1 aromatic carbocycles. The third kappa shape index (κ3) is 2.73. The summed E-state index contributed by atoms with van der Waals surface area (Å²) in [4.78, 5) is 21.0. The number of hydrogen-bond donors (Lipinski definition) is 0. The Morgan fingerprint density at radius 2 is 2.00 bits per heavy atom. The molecule has 0 radical (unpaired) electrons. The number of carbonyl (C=O) groups excluding carboxylic acids is 1. The van der Waals surface area contributed by atoms with Crippen LogP contribution in [0.2, 0.25) is 0 Å². The van der Waals surface area contributed by atoms with Crippen LogP contribution in [0, 0.1) is 5.82 Å². The highest BCUT2D eigenvalue weighted by atomic mass is 19.1. The van der Waals surface area contributed by atoms with Crippen LogP contribution in [0.5, 0.6) is 0 Å². The van der Waals surface area contributed by atoms with E-state index >= 15 is 0 Å². The van der Waals surface area contributed by atoms with E-state index in [2.05, 4.69) is 10.1 Å². The first-order chi connectivity index (χ1) is 12.1. The molecule has 0 bridgehead atoms. The molecule has 0 unspecified atom stereocenters. The van der Waals surface area contributed by atoms with Crippen molar-refractivity contribution >= 4 is 17.3 Å². The minimum atomic E-state index is -0.321. The molecule has 1 amide bonds. The maximum atomic E-state index is 13.6. The summed E-state index contributed by atoms with van der Waals surface area (Å²) < 4.78 is 15.2. The molecule has 0 aliphatic carbocycles. The summed E-state index contributed by atoms with van der Waals surface area (Å²) in [6, 6.07) is 11.5. The number of carbonyl (C=O) groups is 1. The van der Waals surface area contributed by atoms with Crippen molar-refractivity contribution in [3.63, 3.8) is 0 Å². The van der Waals surface area contributed by atoms with E-state index in [1.54, 1.807) is 52.3 Å². The summed E-state index contributed by atoms with van der Waals surface area (Å²) in [6.45, 7) is 1.14. The summed E-state index contributed by atoms with van der Waals surface area (Å²) in [5.74, 6) is 0.0398. The number of halogens is 1. The fraction of sp³-hybridized carbons (Fsp3) is 0.167. The van der Waals surface area contributed by atoms with Gasteiger partial charge in [0.25, 0.3) is 5.91 Å². The van der Waals surface area contributed by atoms with Gasteiger partial charge in [-0.25, -0.2) is 14.1 Å². The predicted octanol–water partition coefficient (Wildman–Crippen LogP) is 2.50. The fourth-order valence-electron chi connectivity index (χ4n) is 2.95. The average molecular weight is 337 g/mol. The molecule has 0 fully saturated rings. The standard InChI is InChI=1S/C18H16FN5O/c1-22-10-11-23(15-7-6-13(19)12-16(15)22)18(25)14-4-2-5-17(21-14)24-9-3-8-20-24/h2-9,12H,10-11H2,1H3. The molecule has 0 saturated heterocycles. The fourth-order valence-corrected chi connectivity index (χ4v) is 2.95. The highest BCUT2D eigenvalue weighted by Crippen LogP contribution is 2.33. The van der Waals surface area contributed by atoms with Crippen LogP contribution in [0.4, 0.5) is 15.8 Å². The van der Waals surface area contributed by atoms with E-state index in [1.165, 1.54) is 12.1 Å². The minimum absolute atomic E-state index is 0.213. The smallest absolute Gasteiger partial charge is 0.277 e. The van der Waals surface area contributed by atoms with Gasteiger partial charge in [-0.05, 0) is 36.4 Å². The monoisotopic (exact) mass is 337 g/mol. The van der Waals surface area contributed by atoms with E-state index in [1.807, 2.05) is 11.9 Å². The van der Waals surface area contributed by atoms with Gasteiger partial charge in [0.05, 0.1) is 11.4 Å². The first kappa shape index (κ1) is 15.3. The second-order valence-electron chi connectivity index (χ2n) is 5.84. The van der Waals surface area contributed by atoms with Crippen molar-refractivity contribution in [2.45, 2.75) is 0 Å².